The van der Waals surface area contributed by atoms with Crippen molar-refractivity contribution in [1.29, 1.82) is 0 Å². The number of amides is 1. The van der Waals surface area contributed by atoms with Gasteiger partial charge in [-0.2, -0.15) is 0 Å². The zero-order valence-corrected chi connectivity index (χ0v) is 16.1. The Bertz CT molecular complexity index is 644. The maximum Gasteiger partial charge on any atom is 0.317 e. The summed E-state index contributed by atoms with van der Waals surface area (Å²) in [5, 5.41) is 9.52. The number of ether oxygens (including phenoxy) is 2. The maximum absolute atomic E-state index is 12.4. The van der Waals surface area contributed by atoms with Gasteiger partial charge in [-0.3, -0.25) is 14.5 Å². The quantitative estimate of drug-likeness (QED) is 0.768. The lowest BCUT2D eigenvalue weighted by Crippen LogP contribution is -2.50. The number of rotatable bonds is 7. The molecule has 1 saturated heterocycles. The van der Waals surface area contributed by atoms with E-state index in [1.807, 2.05) is 26.0 Å². The molecule has 7 nitrogen and oxygen atoms in total. The Kier molecular flexibility index (Phi) is 7.25. The van der Waals surface area contributed by atoms with Crippen LogP contribution in [0.15, 0.2) is 12.1 Å². The number of morpholine rings is 1. The standard InChI is InChI=1S/C18H25ClN2O5/c1-12-6-14(7-13(2)18(12)19)26-11-16(22)21-4-5-25-15(9-21)8-20(3)10-17(23)24/h6-7,15H,4-5,8-11H2,1-3H3,(H,23,24). The summed E-state index contributed by atoms with van der Waals surface area (Å²) in [6, 6.07) is 3.62. The third-order valence-electron chi connectivity index (χ3n) is 4.18. The summed E-state index contributed by atoms with van der Waals surface area (Å²) in [5.74, 6) is -0.397. The largest absolute Gasteiger partial charge is 0.484 e. The van der Waals surface area contributed by atoms with Crippen molar-refractivity contribution in [2.24, 2.45) is 0 Å². The van der Waals surface area contributed by atoms with E-state index in [2.05, 4.69) is 0 Å². The number of benzene rings is 1. The number of nitrogens with zero attached hydrogens (tertiary/aromatic N) is 2. The van der Waals surface area contributed by atoms with Crippen molar-refractivity contribution in [3.8, 4) is 5.75 Å². The van der Waals surface area contributed by atoms with Crippen LogP contribution in [0.3, 0.4) is 0 Å². The molecule has 0 aromatic heterocycles. The molecule has 1 aromatic carbocycles. The number of carbonyl (C=O) groups excluding carboxylic acids is 1. The number of carboxylic acid groups (broad SMARTS) is 1. The fourth-order valence-electron chi connectivity index (χ4n) is 2.93. The van der Waals surface area contributed by atoms with Gasteiger partial charge < -0.3 is 19.5 Å². The average Bonchev–Trinajstić information content (AvgIpc) is 2.56. The first kappa shape index (κ1) is 20.5. The van der Waals surface area contributed by atoms with Crippen molar-refractivity contribution in [2.75, 3.05) is 46.4 Å². The zero-order chi connectivity index (χ0) is 19.3. The average molecular weight is 385 g/mol. The molecule has 0 radical (unpaired) electrons. The molecule has 2 rings (SSSR count). The molecule has 0 spiro atoms. The molecule has 1 aliphatic heterocycles. The zero-order valence-electron chi connectivity index (χ0n) is 15.3. The van der Waals surface area contributed by atoms with E-state index < -0.39 is 5.97 Å². The number of hydrogen-bond acceptors (Lipinski definition) is 5. The van der Waals surface area contributed by atoms with E-state index in [0.29, 0.717) is 37.0 Å². The Hall–Kier alpha value is -1.83. The second kappa shape index (κ2) is 9.21. The Morgan fingerprint density at radius 3 is 2.65 bits per heavy atom. The maximum atomic E-state index is 12.4. The van der Waals surface area contributed by atoms with E-state index in [9.17, 15) is 9.59 Å². The Morgan fingerprint density at radius 1 is 1.38 bits per heavy atom. The van der Waals surface area contributed by atoms with Crippen LogP contribution in [-0.2, 0) is 14.3 Å². The lowest BCUT2D eigenvalue weighted by molar-refractivity contribution is -0.143. The molecule has 1 unspecified atom stereocenters. The molecule has 1 aromatic rings. The third kappa shape index (κ3) is 5.86. The van der Waals surface area contributed by atoms with Crippen LogP contribution in [0.4, 0.5) is 0 Å². The fraction of sp³-hybridized carbons (Fsp3) is 0.556. The molecule has 26 heavy (non-hydrogen) atoms. The van der Waals surface area contributed by atoms with Crippen LogP contribution < -0.4 is 4.74 Å². The van der Waals surface area contributed by atoms with E-state index in [1.54, 1.807) is 16.8 Å². The molecular formula is C18H25ClN2O5. The summed E-state index contributed by atoms with van der Waals surface area (Å²) in [5.41, 5.74) is 1.81. The molecule has 8 heteroatoms. The first-order valence-corrected chi connectivity index (χ1v) is 8.83. The predicted molar refractivity (Wildman–Crippen MR) is 97.9 cm³/mol. The minimum atomic E-state index is -0.891. The third-order valence-corrected chi connectivity index (χ3v) is 4.78. The summed E-state index contributed by atoms with van der Waals surface area (Å²) >= 11 is 6.14. The molecule has 0 saturated carbocycles. The van der Waals surface area contributed by atoms with Gasteiger partial charge in [0.25, 0.3) is 5.91 Å². The molecule has 1 N–H and O–H groups in total. The molecule has 1 atom stereocenters. The van der Waals surface area contributed by atoms with Gasteiger partial charge in [0, 0.05) is 24.7 Å². The SMILES string of the molecule is Cc1cc(OCC(=O)N2CCOC(CN(C)CC(=O)O)C2)cc(C)c1Cl. The van der Waals surface area contributed by atoms with E-state index in [0.717, 1.165) is 11.1 Å². The van der Waals surface area contributed by atoms with Crippen LogP contribution in [0.2, 0.25) is 5.02 Å². The van der Waals surface area contributed by atoms with Gasteiger partial charge in [0.05, 0.1) is 19.3 Å². The summed E-state index contributed by atoms with van der Waals surface area (Å²) in [6.45, 7) is 5.46. The first-order chi connectivity index (χ1) is 12.3. The van der Waals surface area contributed by atoms with Crippen molar-refractivity contribution in [3.63, 3.8) is 0 Å². The van der Waals surface area contributed by atoms with Gasteiger partial charge in [-0.15, -0.1) is 0 Å². The van der Waals surface area contributed by atoms with Crippen LogP contribution >= 0.6 is 11.6 Å². The van der Waals surface area contributed by atoms with Crippen LogP contribution in [0.25, 0.3) is 0 Å². The van der Waals surface area contributed by atoms with Crippen LogP contribution in [-0.4, -0.2) is 79.3 Å². The normalized spacial score (nSPS) is 17.4. The van der Waals surface area contributed by atoms with Crippen molar-refractivity contribution >= 4 is 23.5 Å². The smallest absolute Gasteiger partial charge is 0.317 e. The van der Waals surface area contributed by atoms with Crippen LogP contribution in [0.5, 0.6) is 5.75 Å². The second-order valence-electron chi connectivity index (χ2n) is 6.58. The number of aliphatic carboxylic acids is 1. The molecule has 1 heterocycles. The topological polar surface area (TPSA) is 79.3 Å². The lowest BCUT2D eigenvalue weighted by atomic mass is 10.1. The first-order valence-electron chi connectivity index (χ1n) is 8.45. The molecule has 1 amide bonds. The monoisotopic (exact) mass is 384 g/mol. The number of hydrogen-bond donors (Lipinski definition) is 1. The highest BCUT2D eigenvalue weighted by atomic mass is 35.5. The number of likely N-dealkylation sites (N-methyl/N-ethyl adjacent to an activating group) is 1. The molecule has 1 aliphatic rings. The van der Waals surface area contributed by atoms with Gasteiger partial charge in [-0.05, 0) is 44.2 Å². The Morgan fingerprint density at radius 2 is 2.04 bits per heavy atom. The number of carboxylic acids is 1. The summed E-state index contributed by atoms with van der Waals surface area (Å²) in [7, 11) is 1.71. The fourth-order valence-corrected chi connectivity index (χ4v) is 3.03. The van der Waals surface area contributed by atoms with Gasteiger partial charge in [-0.1, -0.05) is 11.6 Å². The molecule has 0 aliphatic carbocycles. The van der Waals surface area contributed by atoms with Crippen molar-refractivity contribution < 1.29 is 24.2 Å². The number of halogens is 1. The molecule has 1 fully saturated rings. The van der Waals surface area contributed by atoms with Gasteiger partial charge in [-0.25, -0.2) is 0 Å². The minimum Gasteiger partial charge on any atom is -0.484 e. The lowest BCUT2D eigenvalue weighted by Gasteiger charge is -2.34. The number of carbonyl (C=O) groups is 2. The molecule has 144 valence electrons. The van der Waals surface area contributed by atoms with Crippen molar-refractivity contribution in [1.82, 2.24) is 9.80 Å². The summed E-state index contributed by atoms with van der Waals surface area (Å²) in [4.78, 5) is 26.5. The van der Waals surface area contributed by atoms with Crippen molar-refractivity contribution in [2.45, 2.75) is 20.0 Å². The van der Waals surface area contributed by atoms with E-state index in [1.165, 1.54) is 0 Å². The van der Waals surface area contributed by atoms with E-state index >= 15 is 0 Å². The highest BCUT2D eigenvalue weighted by Gasteiger charge is 2.25. The summed E-state index contributed by atoms with van der Waals surface area (Å²) < 4.78 is 11.3. The van der Waals surface area contributed by atoms with Gasteiger partial charge in [0.2, 0.25) is 0 Å². The second-order valence-corrected chi connectivity index (χ2v) is 6.96. The van der Waals surface area contributed by atoms with Crippen LogP contribution in [0, 0.1) is 13.8 Å². The van der Waals surface area contributed by atoms with Gasteiger partial charge in [0.15, 0.2) is 6.61 Å². The van der Waals surface area contributed by atoms with E-state index in [-0.39, 0.29) is 25.2 Å². The van der Waals surface area contributed by atoms with Gasteiger partial charge >= 0.3 is 5.97 Å². The number of aryl methyl sites for hydroxylation is 2. The minimum absolute atomic E-state index is 0.0573. The summed E-state index contributed by atoms with van der Waals surface area (Å²) in [6.07, 6.45) is -0.211. The highest BCUT2D eigenvalue weighted by molar-refractivity contribution is 6.32. The Balaban J connectivity index is 1.86. The van der Waals surface area contributed by atoms with Crippen molar-refractivity contribution in [3.05, 3.63) is 28.3 Å². The molecular weight excluding hydrogens is 360 g/mol. The van der Waals surface area contributed by atoms with Crippen LogP contribution in [0.1, 0.15) is 11.1 Å². The van der Waals surface area contributed by atoms with E-state index in [4.69, 9.17) is 26.2 Å². The van der Waals surface area contributed by atoms with Gasteiger partial charge in [0.1, 0.15) is 5.75 Å². The highest BCUT2D eigenvalue weighted by Crippen LogP contribution is 2.25. The molecule has 0 bridgehead atoms. The Labute approximate surface area is 158 Å². The predicted octanol–water partition coefficient (Wildman–Crippen LogP) is 1.58.